The number of para-hydroxylation sites is 1. The Kier molecular flexibility index (Phi) is 4.95. The van der Waals surface area contributed by atoms with Gasteiger partial charge in [0, 0.05) is 0 Å². The van der Waals surface area contributed by atoms with Gasteiger partial charge in [0.05, 0.1) is 12.3 Å². The van der Waals surface area contributed by atoms with E-state index in [-0.39, 0.29) is 0 Å². The molecule has 0 aliphatic heterocycles. The van der Waals surface area contributed by atoms with Gasteiger partial charge in [-0.05, 0) is 24.1 Å². The maximum atomic E-state index is 11.5. The van der Waals surface area contributed by atoms with Gasteiger partial charge in [-0.15, -0.1) is 0 Å². The smallest absolute Gasteiger partial charge is 0.411 e. The molecule has 20 heavy (non-hydrogen) atoms. The Labute approximate surface area is 118 Å². The number of carbonyl (C=O) groups excluding carboxylic acids is 1. The lowest BCUT2D eigenvalue weighted by Crippen LogP contribution is -2.13. The third-order valence-corrected chi connectivity index (χ3v) is 2.73. The first kappa shape index (κ1) is 13.9. The van der Waals surface area contributed by atoms with Crippen molar-refractivity contribution in [2.75, 3.05) is 11.9 Å². The summed E-state index contributed by atoms with van der Waals surface area (Å²) in [6, 6.07) is 17.6. The van der Waals surface area contributed by atoms with E-state index < -0.39 is 6.09 Å². The fourth-order valence-electron chi connectivity index (χ4n) is 1.78. The average molecular weight is 267 g/mol. The summed E-state index contributed by atoms with van der Waals surface area (Å²) >= 11 is 0. The highest BCUT2D eigenvalue weighted by Gasteiger charge is 2.04. The molecule has 2 aromatic carbocycles. The molecule has 2 aromatic rings. The molecule has 2 rings (SSSR count). The van der Waals surface area contributed by atoms with Crippen LogP contribution in [-0.2, 0) is 4.74 Å². The van der Waals surface area contributed by atoms with Crippen molar-refractivity contribution in [1.82, 2.24) is 0 Å². The largest absolute Gasteiger partial charge is 0.450 e. The quantitative estimate of drug-likeness (QED) is 0.832. The lowest BCUT2D eigenvalue weighted by atomic mass is 10.1. The number of hydrogen-bond donors (Lipinski definition) is 1. The lowest BCUT2D eigenvalue weighted by molar-refractivity contribution is 0.168. The van der Waals surface area contributed by atoms with Gasteiger partial charge in [0.2, 0.25) is 0 Å². The number of hydrogen-bond acceptors (Lipinski definition) is 2. The lowest BCUT2D eigenvalue weighted by Gasteiger charge is -2.08. The summed E-state index contributed by atoms with van der Waals surface area (Å²) in [5.41, 5.74) is 2.78. The number of amides is 1. The van der Waals surface area contributed by atoms with E-state index in [4.69, 9.17) is 4.74 Å². The summed E-state index contributed by atoms with van der Waals surface area (Å²) in [7, 11) is 0. The number of ether oxygens (including phenoxy) is 1. The summed E-state index contributed by atoms with van der Waals surface area (Å²) in [4.78, 5) is 11.5. The minimum atomic E-state index is -0.437. The Bertz CT molecular complexity index is 591. The molecule has 0 spiro atoms. The van der Waals surface area contributed by atoms with E-state index in [0.717, 1.165) is 16.8 Å². The summed E-state index contributed by atoms with van der Waals surface area (Å²) in [6.45, 7) is 2.13. The van der Waals surface area contributed by atoms with E-state index in [1.165, 1.54) is 0 Å². The Morgan fingerprint density at radius 3 is 2.50 bits per heavy atom. The minimum absolute atomic E-state index is 0.355. The predicted octanol–water partition coefficient (Wildman–Crippen LogP) is 4.43. The highest BCUT2D eigenvalue weighted by molar-refractivity contribution is 5.89. The molecule has 0 radical (unpaired) electrons. The highest BCUT2D eigenvalue weighted by Crippen LogP contribution is 2.18. The monoisotopic (exact) mass is 267 g/mol. The highest BCUT2D eigenvalue weighted by atomic mass is 16.5. The van der Waals surface area contributed by atoms with E-state index >= 15 is 0 Å². The van der Waals surface area contributed by atoms with Crippen molar-refractivity contribution in [2.24, 2.45) is 0 Å². The van der Waals surface area contributed by atoms with Crippen LogP contribution in [0.2, 0.25) is 0 Å². The fraction of sp³-hybridized carbons (Fsp3) is 0.118. The first-order valence-corrected chi connectivity index (χ1v) is 6.55. The topological polar surface area (TPSA) is 38.3 Å². The molecule has 0 unspecified atom stereocenters. The molecule has 0 aromatic heterocycles. The van der Waals surface area contributed by atoms with Gasteiger partial charge < -0.3 is 4.74 Å². The van der Waals surface area contributed by atoms with E-state index in [9.17, 15) is 4.79 Å². The van der Waals surface area contributed by atoms with Crippen LogP contribution >= 0.6 is 0 Å². The van der Waals surface area contributed by atoms with Crippen molar-refractivity contribution in [3.05, 3.63) is 65.7 Å². The van der Waals surface area contributed by atoms with Gasteiger partial charge in [-0.1, -0.05) is 60.7 Å². The van der Waals surface area contributed by atoms with Crippen molar-refractivity contribution < 1.29 is 9.53 Å². The van der Waals surface area contributed by atoms with Crippen LogP contribution in [-0.4, -0.2) is 12.7 Å². The molecule has 0 aliphatic rings. The number of rotatable bonds is 4. The Morgan fingerprint density at radius 2 is 1.75 bits per heavy atom. The van der Waals surface area contributed by atoms with Crippen LogP contribution in [0.1, 0.15) is 18.1 Å². The first-order valence-electron chi connectivity index (χ1n) is 6.55. The second kappa shape index (κ2) is 7.14. The van der Waals surface area contributed by atoms with Crippen LogP contribution in [0.3, 0.4) is 0 Å². The van der Waals surface area contributed by atoms with Gasteiger partial charge in [-0.3, -0.25) is 5.32 Å². The molecule has 0 heterocycles. The molecule has 0 aliphatic carbocycles. The third-order valence-electron chi connectivity index (χ3n) is 2.73. The molecule has 0 saturated carbocycles. The first-order chi connectivity index (χ1) is 9.79. The minimum Gasteiger partial charge on any atom is -0.450 e. The van der Waals surface area contributed by atoms with Gasteiger partial charge in [0.1, 0.15) is 0 Å². The van der Waals surface area contributed by atoms with Gasteiger partial charge >= 0.3 is 6.09 Å². The van der Waals surface area contributed by atoms with Crippen molar-refractivity contribution in [2.45, 2.75) is 6.92 Å². The van der Waals surface area contributed by atoms with Crippen molar-refractivity contribution in [1.29, 1.82) is 0 Å². The van der Waals surface area contributed by atoms with Gasteiger partial charge in [0.25, 0.3) is 0 Å². The zero-order valence-corrected chi connectivity index (χ0v) is 11.4. The summed E-state index contributed by atoms with van der Waals surface area (Å²) in [6.07, 6.45) is 3.54. The molecule has 1 N–H and O–H groups in total. The van der Waals surface area contributed by atoms with E-state index in [1.807, 2.05) is 66.7 Å². The molecule has 3 heteroatoms. The Balaban J connectivity index is 2.16. The maximum Gasteiger partial charge on any atom is 0.411 e. The predicted molar refractivity (Wildman–Crippen MR) is 82.5 cm³/mol. The number of nitrogens with one attached hydrogen (secondary N) is 1. The molecule has 0 atom stereocenters. The number of carbonyl (C=O) groups is 1. The van der Waals surface area contributed by atoms with Gasteiger partial charge in [0.15, 0.2) is 0 Å². The van der Waals surface area contributed by atoms with E-state index in [2.05, 4.69) is 5.32 Å². The SMILES string of the molecule is CCOC(=O)Nc1ccccc1/C=C/c1ccccc1. The number of anilines is 1. The van der Waals surface area contributed by atoms with E-state index in [0.29, 0.717) is 6.61 Å². The van der Waals surface area contributed by atoms with Crippen LogP contribution in [0.15, 0.2) is 54.6 Å². The molecule has 3 nitrogen and oxygen atoms in total. The molecule has 0 saturated heterocycles. The second-order valence-electron chi connectivity index (χ2n) is 4.18. The van der Waals surface area contributed by atoms with Crippen LogP contribution in [0, 0.1) is 0 Å². The Hall–Kier alpha value is -2.55. The molecule has 1 amide bonds. The standard InChI is InChI=1S/C17H17NO2/c1-2-20-17(19)18-16-11-7-6-10-15(16)13-12-14-8-4-3-5-9-14/h3-13H,2H2,1H3,(H,18,19)/b13-12+. The molecule has 0 fully saturated rings. The zero-order valence-electron chi connectivity index (χ0n) is 11.4. The summed E-state index contributed by atoms with van der Waals surface area (Å²) in [5.74, 6) is 0. The molecule has 102 valence electrons. The van der Waals surface area contributed by atoms with Crippen molar-refractivity contribution >= 4 is 23.9 Å². The van der Waals surface area contributed by atoms with Crippen molar-refractivity contribution in [3.63, 3.8) is 0 Å². The van der Waals surface area contributed by atoms with Crippen molar-refractivity contribution in [3.8, 4) is 0 Å². The van der Waals surface area contributed by atoms with E-state index in [1.54, 1.807) is 6.92 Å². The van der Waals surface area contributed by atoms with Crippen LogP contribution in [0.25, 0.3) is 12.2 Å². The van der Waals surface area contributed by atoms with Crippen LogP contribution < -0.4 is 5.32 Å². The zero-order chi connectivity index (χ0) is 14.2. The number of benzene rings is 2. The average Bonchev–Trinajstić information content (AvgIpc) is 2.48. The van der Waals surface area contributed by atoms with Gasteiger partial charge in [-0.25, -0.2) is 4.79 Å². The fourth-order valence-corrected chi connectivity index (χ4v) is 1.78. The molecular formula is C17H17NO2. The summed E-state index contributed by atoms with van der Waals surface area (Å²) < 4.78 is 4.89. The summed E-state index contributed by atoms with van der Waals surface area (Å²) in [5, 5.41) is 2.74. The molecular weight excluding hydrogens is 250 g/mol. The van der Waals surface area contributed by atoms with Crippen LogP contribution in [0.4, 0.5) is 10.5 Å². The normalized spacial score (nSPS) is 10.4. The molecule has 0 bridgehead atoms. The third kappa shape index (κ3) is 3.99. The Morgan fingerprint density at radius 1 is 1.05 bits per heavy atom. The second-order valence-corrected chi connectivity index (χ2v) is 4.18. The maximum absolute atomic E-state index is 11.5. The van der Waals surface area contributed by atoms with Crippen LogP contribution in [0.5, 0.6) is 0 Å². The van der Waals surface area contributed by atoms with Gasteiger partial charge in [-0.2, -0.15) is 0 Å².